The molecule has 178 valence electrons. The van der Waals surface area contributed by atoms with Crippen LogP contribution in [0.15, 0.2) is 48.5 Å². The molecule has 1 nitrogen and oxygen atoms in total. The summed E-state index contributed by atoms with van der Waals surface area (Å²) in [6, 6.07) is 14.7. The highest BCUT2D eigenvalue weighted by Crippen LogP contribution is 2.66. The highest BCUT2D eigenvalue weighted by molar-refractivity contribution is 6.30. The molecule has 4 bridgehead atoms. The molecule has 0 heterocycles. The number of alkyl halides is 3. The van der Waals surface area contributed by atoms with Crippen LogP contribution in [0.1, 0.15) is 69.1 Å². The first-order chi connectivity index (χ1) is 15.6. The lowest BCUT2D eigenvalue weighted by Crippen LogP contribution is -2.60. The Kier molecular flexibility index (Phi) is 5.85. The lowest BCUT2D eigenvalue weighted by Gasteiger charge is -2.64. The van der Waals surface area contributed by atoms with E-state index in [0.717, 1.165) is 28.5 Å². The number of nitrogens with one attached hydrogen (secondary N) is 1. The number of hydrogen-bond donors (Lipinski definition) is 1. The van der Waals surface area contributed by atoms with E-state index in [4.69, 9.17) is 11.6 Å². The quantitative estimate of drug-likeness (QED) is 0.449. The van der Waals surface area contributed by atoms with Gasteiger partial charge in [0.15, 0.2) is 0 Å². The maximum atomic E-state index is 13.1. The van der Waals surface area contributed by atoms with Crippen molar-refractivity contribution in [3.8, 4) is 0 Å². The van der Waals surface area contributed by atoms with Crippen LogP contribution in [0.25, 0.3) is 0 Å². The lowest BCUT2D eigenvalue weighted by molar-refractivity contribution is -0.137. The van der Waals surface area contributed by atoms with Gasteiger partial charge in [-0.1, -0.05) is 41.9 Å². The minimum absolute atomic E-state index is 0.114. The SMILES string of the molecule is C[C@@H](Cc1cccc(C(F)(F)F)c1)N[C@H](C)C12C[C@@H]3C[C@H](CC(c4ccc(Cl)cc4)(C3)C1)C2. The van der Waals surface area contributed by atoms with Crippen LogP contribution in [-0.2, 0) is 18.0 Å². The fourth-order valence-corrected chi connectivity index (χ4v) is 8.00. The summed E-state index contributed by atoms with van der Waals surface area (Å²) in [5.41, 5.74) is 2.11. The van der Waals surface area contributed by atoms with Gasteiger partial charge in [-0.25, -0.2) is 0 Å². The van der Waals surface area contributed by atoms with Gasteiger partial charge in [-0.2, -0.15) is 13.2 Å². The van der Waals surface area contributed by atoms with Crippen molar-refractivity contribution in [2.75, 3.05) is 0 Å². The Labute approximate surface area is 200 Å². The van der Waals surface area contributed by atoms with Crippen molar-refractivity contribution in [2.45, 2.75) is 82.5 Å². The summed E-state index contributed by atoms with van der Waals surface area (Å²) in [6.45, 7) is 4.41. The average Bonchev–Trinajstić information content (AvgIpc) is 2.72. The molecule has 0 aliphatic heterocycles. The molecule has 0 aromatic heterocycles. The summed E-state index contributed by atoms with van der Waals surface area (Å²) in [7, 11) is 0. The van der Waals surface area contributed by atoms with Crippen LogP contribution in [0.4, 0.5) is 13.2 Å². The molecule has 1 N–H and O–H groups in total. The fourth-order valence-electron chi connectivity index (χ4n) is 7.87. The second-order valence-electron chi connectivity index (χ2n) is 11.3. The van der Waals surface area contributed by atoms with Gasteiger partial charge in [0.2, 0.25) is 0 Å². The normalized spacial score (nSPS) is 32.7. The van der Waals surface area contributed by atoms with E-state index >= 15 is 0 Å². The average molecular weight is 476 g/mol. The lowest BCUT2D eigenvalue weighted by atomic mass is 9.41. The summed E-state index contributed by atoms with van der Waals surface area (Å²) >= 11 is 6.18. The zero-order valence-electron chi connectivity index (χ0n) is 19.4. The summed E-state index contributed by atoms with van der Waals surface area (Å²) in [4.78, 5) is 0. The largest absolute Gasteiger partial charge is 0.416 e. The van der Waals surface area contributed by atoms with Gasteiger partial charge in [0.1, 0.15) is 0 Å². The minimum Gasteiger partial charge on any atom is -0.311 e. The summed E-state index contributed by atoms with van der Waals surface area (Å²) < 4.78 is 39.3. The first-order valence-electron chi connectivity index (χ1n) is 12.3. The Balaban J connectivity index is 1.32. The van der Waals surface area contributed by atoms with Crippen LogP contribution in [-0.4, -0.2) is 12.1 Å². The number of halogens is 4. The summed E-state index contributed by atoms with van der Waals surface area (Å²) in [5.74, 6) is 1.54. The predicted molar refractivity (Wildman–Crippen MR) is 127 cm³/mol. The van der Waals surface area contributed by atoms with E-state index in [1.54, 1.807) is 6.07 Å². The van der Waals surface area contributed by atoms with E-state index in [-0.39, 0.29) is 16.9 Å². The van der Waals surface area contributed by atoms with E-state index in [9.17, 15) is 13.2 Å². The van der Waals surface area contributed by atoms with Crippen molar-refractivity contribution in [1.82, 2.24) is 5.32 Å². The first-order valence-corrected chi connectivity index (χ1v) is 12.6. The van der Waals surface area contributed by atoms with Crippen molar-refractivity contribution >= 4 is 11.6 Å². The molecule has 4 aliphatic carbocycles. The molecule has 2 aromatic rings. The van der Waals surface area contributed by atoms with Crippen LogP contribution < -0.4 is 5.32 Å². The molecular formula is C28H33ClF3N. The molecule has 0 radical (unpaired) electrons. The third kappa shape index (κ3) is 4.46. The molecule has 0 saturated heterocycles. The Morgan fingerprint density at radius 1 is 1.00 bits per heavy atom. The van der Waals surface area contributed by atoms with E-state index in [2.05, 4.69) is 31.3 Å². The fraction of sp³-hybridized carbons (Fsp3) is 0.571. The number of rotatable bonds is 6. The zero-order valence-corrected chi connectivity index (χ0v) is 20.1. The van der Waals surface area contributed by atoms with Crippen molar-refractivity contribution in [3.63, 3.8) is 0 Å². The maximum Gasteiger partial charge on any atom is 0.416 e. The van der Waals surface area contributed by atoms with Crippen molar-refractivity contribution in [2.24, 2.45) is 17.3 Å². The second kappa shape index (κ2) is 8.30. The molecular weight excluding hydrogens is 443 g/mol. The Morgan fingerprint density at radius 3 is 2.30 bits per heavy atom. The van der Waals surface area contributed by atoms with Gasteiger partial charge in [-0.05, 0) is 111 Å². The smallest absolute Gasteiger partial charge is 0.311 e. The van der Waals surface area contributed by atoms with Crippen LogP contribution in [0.5, 0.6) is 0 Å². The molecule has 4 aliphatic rings. The Bertz CT molecular complexity index is 985. The first kappa shape index (κ1) is 23.2. The molecule has 0 unspecified atom stereocenters. The molecule has 2 aromatic carbocycles. The molecule has 4 saturated carbocycles. The minimum atomic E-state index is -4.30. The molecule has 4 atom stereocenters. The van der Waals surface area contributed by atoms with Gasteiger partial charge < -0.3 is 5.32 Å². The van der Waals surface area contributed by atoms with Gasteiger partial charge in [-0.15, -0.1) is 0 Å². The monoisotopic (exact) mass is 475 g/mol. The number of hydrogen-bond acceptors (Lipinski definition) is 1. The van der Waals surface area contributed by atoms with Crippen molar-refractivity contribution in [3.05, 3.63) is 70.2 Å². The van der Waals surface area contributed by atoms with Crippen LogP contribution in [0.2, 0.25) is 5.02 Å². The predicted octanol–water partition coefficient (Wildman–Crippen LogP) is 7.81. The standard InChI is InChI=1S/C28H33ClF3N/c1-18(10-20-4-3-5-24(12-20)28(30,31)32)33-19(2)26-13-21-11-22(14-26)16-27(15-21,17-26)23-6-8-25(29)9-7-23/h3-9,12,18-19,21-22,33H,10-11,13-17H2,1-2H3/t18-,19+,21-,22-,26?,27?/m0/s1. The highest BCUT2D eigenvalue weighted by Gasteiger charge is 2.59. The third-order valence-electron chi connectivity index (χ3n) is 8.81. The van der Waals surface area contributed by atoms with Crippen LogP contribution >= 0.6 is 11.6 Å². The molecule has 0 spiro atoms. The van der Waals surface area contributed by atoms with Crippen molar-refractivity contribution in [1.29, 1.82) is 0 Å². The summed E-state index contributed by atoms with van der Waals surface area (Å²) in [6.07, 6.45) is 3.93. The van der Waals surface area contributed by atoms with E-state index in [1.165, 1.54) is 56.2 Å². The van der Waals surface area contributed by atoms with E-state index in [0.29, 0.717) is 12.5 Å². The topological polar surface area (TPSA) is 12.0 Å². The zero-order chi connectivity index (χ0) is 23.4. The van der Waals surface area contributed by atoms with Crippen molar-refractivity contribution < 1.29 is 13.2 Å². The molecule has 33 heavy (non-hydrogen) atoms. The molecule has 0 amide bonds. The van der Waals surface area contributed by atoms with Crippen LogP contribution in [0, 0.1) is 17.3 Å². The number of benzene rings is 2. The molecule has 4 fully saturated rings. The molecule has 6 rings (SSSR count). The second-order valence-corrected chi connectivity index (χ2v) is 11.7. The Morgan fingerprint density at radius 2 is 1.67 bits per heavy atom. The van der Waals surface area contributed by atoms with Gasteiger partial charge in [0, 0.05) is 17.1 Å². The Hall–Kier alpha value is -1.52. The van der Waals surface area contributed by atoms with Gasteiger partial charge in [0.05, 0.1) is 5.56 Å². The maximum absolute atomic E-state index is 13.1. The summed E-state index contributed by atoms with van der Waals surface area (Å²) in [5, 5.41) is 4.61. The highest BCUT2D eigenvalue weighted by atomic mass is 35.5. The van der Waals surface area contributed by atoms with Crippen LogP contribution in [0.3, 0.4) is 0 Å². The van der Waals surface area contributed by atoms with Gasteiger partial charge in [-0.3, -0.25) is 0 Å². The third-order valence-corrected chi connectivity index (χ3v) is 9.06. The van der Waals surface area contributed by atoms with Gasteiger partial charge in [0.25, 0.3) is 0 Å². The van der Waals surface area contributed by atoms with E-state index < -0.39 is 11.7 Å². The van der Waals surface area contributed by atoms with Gasteiger partial charge >= 0.3 is 6.18 Å². The van der Waals surface area contributed by atoms with E-state index in [1.807, 2.05) is 12.1 Å². The molecule has 5 heteroatoms.